The van der Waals surface area contributed by atoms with E-state index in [0.717, 1.165) is 12.1 Å². The standard InChI is InChI=1S/C13H18FNO/c1-12(2)8-15-13(3,16-9-12)10-5-4-6-11(14)7-10/h4-7,15H,8-9H2,1-3H3. The molecule has 1 fully saturated rings. The fraction of sp³-hybridized carbons (Fsp3) is 0.538. The summed E-state index contributed by atoms with van der Waals surface area (Å²) in [5, 5.41) is 3.34. The van der Waals surface area contributed by atoms with Gasteiger partial charge in [0.05, 0.1) is 6.61 Å². The highest BCUT2D eigenvalue weighted by Gasteiger charge is 2.36. The number of nitrogens with one attached hydrogen (secondary N) is 1. The lowest BCUT2D eigenvalue weighted by molar-refractivity contribution is -0.131. The van der Waals surface area contributed by atoms with E-state index in [1.807, 2.05) is 13.0 Å². The molecule has 0 spiro atoms. The van der Waals surface area contributed by atoms with Gasteiger partial charge in [0.15, 0.2) is 0 Å². The number of halogens is 1. The molecule has 0 aliphatic carbocycles. The molecule has 1 saturated heterocycles. The SMILES string of the molecule is CC1(C)CNC(C)(c2cccc(F)c2)OC1. The smallest absolute Gasteiger partial charge is 0.142 e. The van der Waals surface area contributed by atoms with Crippen LogP contribution in [0.3, 0.4) is 0 Å². The summed E-state index contributed by atoms with van der Waals surface area (Å²) in [5.41, 5.74) is 0.396. The second kappa shape index (κ2) is 3.82. The van der Waals surface area contributed by atoms with Crippen molar-refractivity contribution in [2.75, 3.05) is 13.2 Å². The summed E-state index contributed by atoms with van der Waals surface area (Å²) in [6, 6.07) is 6.56. The van der Waals surface area contributed by atoms with Gasteiger partial charge in [0.1, 0.15) is 11.5 Å². The first-order valence-electron chi connectivity index (χ1n) is 5.56. The topological polar surface area (TPSA) is 21.3 Å². The maximum absolute atomic E-state index is 13.2. The lowest BCUT2D eigenvalue weighted by Crippen LogP contribution is -2.53. The van der Waals surface area contributed by atoms with Crippen molar-refractivity contribution in [2.45, 2.75) is 26.5 Å². The van der Waals surface area contributed by atoms with Crippen LogP contribution in [-0.2, 0) is 10.5 Å². The molecule has 3 heteroatoms. The van der Waals surface area contributed by atoms with Crippen LogP contribution in [0.25, 0.3) is 0 Å². The Morgan fingerprint density at radius 2 is 2.06 bits per heavy atom. The molecular formula is C13H18FNO. The monoisotopic (exact) mass is 223 g/mol. The van der Waals surface area contributed by atoms with Crippen LogP contribution in [0.2, 0.25) is 0 Å². The van der Waals surface area contributed by atoms with Crippen molar-refractivity contribution in [2.24, 2.45) is 5.41 Å². The Kier molecular flexibility index (Phi) is 2.76. The van der Waals surface area contributed by atoms with Crippen molar-refractivity contribution in [3.05, 3.63) is 35.6 Å². The van der Waals surface area contributed by atoms with Crippen LogP contribution < -0.4 is 5.32 Å². The minimum atomic E-state index is -0.572. The van der Waals surface area contributed by atoms with Gasteiger partial charge in [0.2, 0.25) is 0 Å². The molecule has 0 saturated carbocycles. The number of hydrogen-bond acceptors (Lipinski definition) is 2. The van der Waals surface area contributed by atoms with E-state index in [1.54, 1.807) is 6.07 Å². The van der Waals surface area contributed by atoms with E-state index in [-0.39, 0.29) is 11.2 Å². The number of hydrogen-bond donors (Lipinski definition) is 1. The lowest BCUT2D eigenvalue weighted by Gasteiger charge is -2.42. The van der Waals surface area contributed by atoms with Crippen molar-refractivity contribution in [1.82, 2.24) is 5.32 Å². The number of benzene rings is 1. The maximum Gasteiger partial charge on any atom is 0.142 e. The van der Waals surface area contributed by atoms with Crippen LogP contribution >= 0.6 is 0 Å². The second-order valence-electron chi connectivity index (χ2n) is 5.35. The molecule has 1 aliphatic heterocycles. The summed E-state index contributed by atoms with van der Waals surface area (Å²) < 4.78 is 19.0. The summed E-state index contributed by atoms with van der Waals surface area (Å²) in [4.78, 5) is 0. The number of ether oxygens (including phenoxy) is 1. The molecule has 1 atom stereocenters. The molecule has 88 valence electrons. The van der Waals surface area contributed by atoms with E-state index < -0.39 is 5.72 Å². The van der Waals surface area contributed by atoms with Crippen LogP contribution in [0.5, 0.6) is 0 Å². The molecule has 0 radical (unpaired) electrons. The molecule has 1 aromatic carbocycles. The van der Waals surface area contributed by atoms with Crippen LogP contribution in [0, 0.1) is 11.2 Å². The van der Waals surface area contributed by atoms with Crippen molar-refractivity contribution in [3.63, 3.8) is 0 Å². The van der Waals surface area contributed by atoms with Crippen molar-refractivity contribution >= 4 is 0 Å². The van der Waals surface area contributed by atoms with E-state index in [9.17, 15) is 4.39 Å². The van der Waals surface area contributed by atoms with Gasteiger partial charge in [-0.25, -0.2) is 4.39 Å². The Hall–Kier alpha value is -0.930. The molecule has 1 aliphatic rings. The molecule has 0 bridgehead atoms. The lowest BCUT2D eigenvalue weighted by atomic mass is 9.90. The molecule has 0 aromatic heterocycles. The summed E-state index contributed by atoms with van der Waals surface area (Å²) >= 11 is 0. The van der Waals surface area contributed by atoms with Crippen molar-refractivity contribution in [3.8, 4) is 0 Å². The largest absolute Gasteiger partial charge is 0.356 e. The summed E-state index contributed by atoms with van der Waals surface area (Å²) in [6.07, 6.45) is 0. The Bertz CT molecular complexity index is 379. The third-order valence-electron chi connectivity index (χ3n) is 3.03. The molecule has 2 rings (SSSR count). The fourth-order valence-corrected chi connectivity index (χ4v) is 1.82. The van der Waals surface area contributed by atoms with Crippen LogP contribution in [0.15, 0.2) is 24.3 Å². The second-order valence-corrected chi connectivity index (χ2v) is 5.35. The first kappa shape index (κ1) is 11.6. The normalized spacial score (nSPS) is 29.0. The highest BCUT2D eigenvalue weighted by Crippen LogP contribution is 2.31. The minimum Gasteiger partial charge on any atom is -0.356 e. The third-order valence-corrected chi connectivity index (χ3v) is 3.03. The number of rotatable bonds is 1. The maximum atomic E-state index is 13.2. The summed E-state index contributed by atoms with van der Waals surface area (Å²) in [6.45, 7) is 7.76. The first-order chi connectivity index (χ1) is 7.41. The Morgan fingerprint density at radius 1 is 1.31 bits per heavy atom. The fourth-order valence-electron chi connectivity index (χ4n) is 1.82. The molecular weight excluding hydrogens is 205 g/mol. The zero-order valence-corrected chi connectivity index (χ0v) is 10.0. The molecule has 1 N–H and O–H groups in total. The van der Waals surface area contributed by atoms with Gasteiger partial charge in [-0.05, 0) is 19.1 Å². The molecule has 1 unspecified atom stereocenters. The van der Waals surface area contributed by atoms with Crippen LogP contribution in [0.1, 0.15) is 26.3 Å². The highest BCUT2D eigenvalue weighted by atomic mass is 19.1. The molecule has 16 heavy (non-hydrogen) atoms. The zero-order valence-electron chi connectivity index (χ0n) is 10.0. The zero-order chi connectivity index (χ0) is 11.8. The van der Waals surface area contributed by atoms with E-state index in [0.29, 0.717) is 6.61 Å². The Morgan fingerprint density at radius 3 is 2.62 bits per heavy atom. The van der Waals surface area contributed by atoms with Crippen molar-refractivity contribution < 1.29 is 9.13 Å². The Labute approximate surface area is 95.8 Å². The van der Waals surface area contributed by atoms with Gasteiger partial charge in [0, 0.05) is 17.5 Å². The predicted octanol–water partition coefficient (Wildman–Crippen LogP) is 2.64. The molecule has 0 amide bonds. The van der Waals surface area contributed by atoms with Crippen LogP contribution in [0.4, 0.5) is 4.39 Å². The summed E-state index contributed by atoms with van der Waals surface area (Å²) in [7, 11) is 0. The van der Waals surface area contributed by atoms with E-state index in [2.05, 4.69) is 19.2 Å². The highest BCUT2D eigenvalue weighted by molar-refractivity contribution is 5.22. The van der Waals surface area contributed by atoms with Gasteiger partial charge in [-0.3, -0.25) is 5.32 Å². The van der Waals surface area contributed by atoms with Gasteiger partial charge in [0.25, 0.3) is 0 Å². The van der Waals surface area contributed by atoms with Gasteiger partial charge >= 0.3 is 0 Å². The minimum absolute atomic E-state index is 0.132. The van der Waals surface area contributed by atoms with E-state index >= 15 is 0 Å². The van der Waals surface area contributed by atoms with Crippen molar-refractivity contribution in [1.29, 1.82) is 0 Å². The average molecular weight is 223 g/mol. The van der Waals surface area contributed by atoms with Gasteiger partial charge in [-0.2, -0.15) is 0 Å². The van der Waals surface area contributed by atoms with Gasteiger partial charge in [-0.15, -0.1) is 0 Å². The first-order valence-corrected chi connectivity index (χ1v) is 5.56. The van der Waals surface area contributed by atoms with E-state index in [1.165, 1.54) is 12.1 Å². The average Bonchev–Trinajstić information content (AvgIpc) is 2.23. The predicted molar refractivity (Wildman–Crippen MR) is 61.5 cm³/mol. The van der Waals surface area contributed by atoms with Gasteiger partial charge < -0.3 is 4.74 Å². The van der Waals surface area contributed by atoms with E-state index in [4.69, 9.17) is 4.74 Å². The van der Waals surface area contributed by atoms with Gasteiger partial charge in [-0.1, -0.05) is 26.0 Å². The molecule has 1 heterocycles. The van der Waals surface area contributed by atoms with Crippen LogP contribution in [-0.4, -0.2) is 13.2 Å². The quantitative estimate of drug-likeness (QED) is 0.790. The summed E-state index contributed by atoms with van der Waals surface area (Å²) in [5.74, 6) is -0.228. The third kappa shape index (κ3) is 2.25. The molecule has 1 aromatic rings. The Balaban J connectivity index is 2.21. The molecule has 2 nitrogen and oxygen atoms in total.